The Morgan fingerprint density at radius 2 is 1.83 bits per heavy atom. The molecule has 1 aromatic heterocycles. The molecule has 0 unspecified atom stereocenters. The standard InChI is InChI=1S/C18H14N2O3/c19-23-17(21)9-7-13-6-8-16-15(12-13)10-11-20(16)18(22)14-4-2-1-3-5-14/h1-12H,19H2/b9-7+. The fraction of sp³-hybridized carbons (Fsp3) is 0. The van der Waals surface area contributed by atoms with E-state index in [0.717, 1.165) is 16.5 Å². The summed E-state index contributed by atoms with van der Waals surface area (Å²) in [4.78, 5) is 27.6. The molecule has 0 atom stereocenters. The van der Waals surface area contributed by atoms with Crippen LogP contribution in [0.25, 0.3) is 17.0 Å². The maximum absolute atomic E-state index is 12.5. The van der Waals surface area contributed by atoms with Crippen molar-refractivity contribution in [3.05, 3.63) is 78.0 Å². The average molecular weight is 306 g/mol. The van der Waals surface area contributed by atoms with Crippen molar-refractivity contribution in [3.63, 3.8) is 0 Å². The molecule has 0 spiro atoms. The van der Waals surface area contributed by atoms with E-state index in [2.05, 4.69) is 4.84 Å². The molecule has 3 rings (SSSR count). The molecule has 2 N–H and O–H groups in total. The quantitative estimate of drug-likeness (QED) is 0.596. The topological polar surface area (TPSA) is 74.3 Å². The van der Waals surface area contributed by atoms with Crippen LogP contribution in [0.1, 0.15) is 15.9 Å². The second-order valence-electron chi connectivity index (χ2n) is 4.95. The highest BCUT2D eigenvalue weighted by atomic mass is 16.7. The van der Waals surface area contributed by atoms with Gasteiger partial charge in [0.1, 0.15) is 0 Å². The second-order valence-corrected chi connectivity index (χ2v) is 4.95. The molecule has 0 fully saturated rings. The summed E-state index contributed by atoms with van der Waals surface area (Å²) in [5.41, 5.74) is 2.24. The van der Waals surface area contributed by atoms with Crippen LogP contribution in [0.4, 0.5) is 0 Å². The Morgan fingerprint density at radius 1 is 1.04 bits per heavy atom. The second kappa shape index (κ2) is 6.29. The Balaban J connectivity index is 1.95. The number of rotatable bonds is 3. The van der Waals surface area contributed by atoms with Crippen molar-refractivity contribution in [2.75, 3.05) is 0 Å². The van der Waals surface area contributed by atoms with Crippen LogP contribution in [-0.2, 0) is 9.63 Å². The largest absolute Gasteiger partial charge is 0.370 e. The van der Waals surface area contributed by atoms with Gasteiger partial charge in [-0.2, -0.15) is 5.90 Å². The summed E-state index contributed by atoms with van der Waals surface area (Å²) in [7, 11) is 0. The molecule has 5 nitrogen and oxygen atoms in total. The lowest BCUT2D eigenvalue weighted by atomic mass is 10.1. The van der Waals surface area contributed by atoms with Crippen LogP contribution in [0.5, 0.6) is 0 Å². The van der Waals surface area contributed by atoms with Gasteiger partial charge < -0.3 is 4.84 Å². The lowest BCUT2D eigenvalue weighted by Crippen LogP contribution is -2.10. The van der Waals surface area contributed by atoms with Crippen molar-refractivity contribution in [1.82, 2.24) is 4.57 Å². The Labute approximate surface area is 132 Å². The molecule has 0 amide bonds. The van der Waals surface area contributed by atoms with Gasteiger partial charge in [-0.15, -0.1) is 0 Å². The number of carbonyl (C=O) groups is 2. The van der Waals surface area contributed by atoms with Gasteiger partial charge in [0.05, 0.1) is 5.52 Å². The number of hydrogen-bond acceptors (Lipinski definition) is 4. The van der Waals surface area contributed by atoms with E-state index in [-0.39, 0.29) is 5.91 Å². The molecule has 0 radical (unpaired) electrons. The van der Waals surface area contributed by atoms with E-state index < -0.39 is 5.97 Å². The highest BCUT2D eigenvalue weighted by molar-refractivity contribution is 6.02. The van der Waals surface area contributed by atoms with Crippen LogP contribution in [0, 0.1) is 0 Å². The minimum absolute atomic E-state index is 0.0874. The molecule has 2 aromatic carbocycles. The Hall–Kier alpha value is -3.18. The Morgan fingerprint density at radius 3 is 2.57 bits per heavy atom. The summed E-state index contributed by atoms with van der Waals surface area (Å²) in [6.45, 7) is 0. The number of benzene rings is 2. The molecule has 5 heteroatoms. The first kappa shape index (κ1) is 14.7. The lowest BCUT2D eigenvalue weighted by molar-refractivity contribution is -0.138. The normalized spacial score (nSPS) is 11.0. The molecule has 23 heavy (non-hydrogen) atoms. The predicted molar refractivity (Wildman–Crippen MR) is 87.4 cm³/mol. The highest BCUT2D eigenvalue weighted by Crippen LogP contribution is 2.20. The number of nitrogens with two attached hydrogens (primary N) is 1. The zero-order valence-electron chi connectivity index (χ0n) is 12.2. The summed E-state index contributed by atoms with van der Waals surface area (Å²) >= 11 is 0. The first-order valence-corrected chi connectivity index (χ1v) is 6.98. The van der Waals surface area contributed by atoms with Gasteiger partial charge in [-0.1, -0.05) is 24.3 Å². The fourth-order valence-electron chi connectivity index (χ4n) is 2.37. The smallest absolute Gasteiger partial charge is 0.349 e. The molecule has 0 aliphatic rings. The maximum atomic E-state index is 12.5. The van der Waals surface area contributed by atoms with Gasteiger partial charge >= 0.3 is 5.97 Å². The van der Waals surface area contributed by atoms with Gasteiger partial charge in [0.2, 0.25) is 0 Å². The average Bonchev–Trinajstić information content (AvgIpc) is 3.02. The Kier molecular flexibility index (Phi) is 4.03. The highest BCUT2D eigenvalue weighted by Gasteiger charge is 2.10. The molecule has 0 aliphatic heterocycles. The van der Waals surface area contributed by atoms with Crippen LogP contribution in [0.15, 0.2) is 66.9 Å². The van der Waals surface area contributed by atoms with Crippen LogP contribution in [0.2, 0.25) is 0 Å². The number of aromatic nitrogens is 1. The van der Waals surface area contributed by atoms with Gasteiger partial charge in [-0.25, -0.2) is 4.79 Å². The van der Waals surface area contributed by atoms with Crippen LogP contribution in [-0.4, -0.2) is 16.4 Å². The van der Waals surface area contributed by atoms with Crippen molar-refractivity contribution >= 4 is 28.9 Å². The third kappa shape index (κ3) is 3.04. The van der Waals surface area contributed by atoms with E-state index in [9.17, 15) is 9.59 Å². The molecule has 0 saturated heterocycles. The first-order chi connectivity index (χ1) is 11.2. The number of fused-ring (bicyclic) bond motifs is 1. The predicted octanol–water partition coefficient (Wildman–Crippen LogP) is 2.76. The van der Waals surface area contributed by atoms with E-state index >= 15 is 0 Å². The van der Waals surface area contributed by atoms with E-state index in [1.807, 2.05) is 42.5 Å². The van der Waals surface area contributed by atoms with Crippen LogP contribution in [0.3, 0.4) is 0 Å². The third-order valence-electron chi connectivity index (χ3n) is 3.48. The van der Waals surface area contributed by atoms with E-state index in [0.29, 0.717) is 5.56 Å². The molecular weight excluding hydrogens is 292 g/mol. The minimum Gasteiger partial charge on any atom is -0.370 e. The molecule has 0 bridgehead atoms. The number of hydrogen-bond donors (Lipinski definition) is 1. The number of nitrogens with zero attached hydrogens (tertiary/aromatic N) is 1. The lowest BCUT2D eigenvalue weighted by Gasteiger charge is -2.04. The summed E-state index contributed by atoms with van der Waals surface area (Å²) < 4.78 is 1.60. The van der Waals surface area contributed by atoms with Gasteiger partial charge in [0.25, 0.3) is 5.91 Å². The minimum atomic E-state index is -0.623. The summed E-state index contributed by atoms with van der Waals surface area (Å²) in [5.74, 6) is 4.07. The van der Waals surface area contributed by atoms with Crippen molar-refractivity contribution in [2.45, 2.75) is 0 Å². The van der Waals surface area contributed by atoms with E-state index in [1.54, 1.807) is 29.0 Å². The van der Waals surface area contributed by atoms with Crippen molar-refractivity contribution < 1.29 is 14.4 Å². The van der Waals surface area contributed by atoms with Crippen molar-refractivity contribution in [3.8, 4) is 0 Å². The van der Waals surface area contributed by atoms with Crippen molar-refractivity contribution in [2.24, 2.45) is 5.90 Å². The van der Waals surface area contributed by atoms with Gasteiger partial charge in [0, 0.05) is 23.2 Å². The van der Waals surface area contributed by atoms with Crippen LogP contribution >= 0.6 is 0 Å². The van der Waals surface area contributed by atoms with Crippen LogP contribution < -0.4 is 5.90 Å². The monoisotopic (exact) mass is 306 g/mol. The van der Waals surface area contributed by atoms with E-state index in [1.165, 1.54) is 6.08 Å². The van der Waals surface area contributed by atoms with E-state index in [4.69, 9.17) is 5.90 Å². The summed E-state index contributed by atoms with van der Waals surface area (Å²) in [6.07, 6.45) is 4.58. The molecule has 3 aromatic rings. The SMILES string of the molecule is NOC(=O)/C=C/c1ccc2c(ccn2C(=O)c2ccccc2)c1. The summed E-state index contributed by atoms with van der Waals surface area (Å²) in [6, 6.07) is 16.5. The summed E-state index contributed by atoms with van der Waals surface area (Å²) in [5, 5.41) is 0.901. The third-order valence-corrected chi connectivity index (χ3v) is 3.48. The molecule has 0 saturated carbocycles. The fourth-order valence-corrected chi connectivity index (χ4v) is 2.37. The zero-order valence-corrected chi connectivity index (χ0v) is 12.2. The molecule has 1 heterocycles. The van der Waals surface area contributed by atoms with Crippen molar-refractivity contribution in [1.29, 1.82) is 0 Å². The number of carbonyl (C=O) groups excluding carboxylic acids is 2. The molecule has 0 aliphatic carbocycles. The molecular formula is C18H14N2O3. The maximum Gasteiger partial charge on any atom is 0.349 e. The van der Waals surface area contributed by atoms with Gasteiger partial charge in [0.15, 0.2) is 0 Å². The molecule has 114 valence electrons. The zero-order chi connectivity index (χ0) is 16.2. The van der Waals surface area contributed by atoms with Gasteiger partial charge in [-0.3, -0.25) is 9.36 Å². The van der Waals surface area contributed by atoms with Gasteiger partial charge in [-0.05, 0) is 42.0 Å². The Bertz CT molecular complexity index is 895. The first-order valence-electron chi connectivity index (χ1n) is 6.98.